The van der Waals surface area contributed by atoms with E-state index in [2.05, 4.69) is 20.4 Å². The first-order valence-corrected chi connectivity index (χ1v) is 8.80. The van der Waals surface area contributed by atoms with Gasteiger partial charge in [-0.2, -0.15) is 5.10 Å². The second kappa shape index (κ2) is 7.63. The Kier molecular flexibility index (Phi) is 5.29. The van der Waals surface area contributed by atoms with Gasteiger partial charge in [0.25, 0.3) is 0 Å². The van der Waals surface area contributed by atoms with Gasteiger partial charge in [-0.25, -0.2) is 0 Å². The molecule has 1 aliphatic heterocycles. The Morgan fingerprint density at radius 1 is 1.31 bits per heavy atom. The number of amides is 2. The summed E-state index contributed by atoms with van der Waals surface area (Å²) in [5.41, 5.74) is 3.34. The summed E-state index contributed by atoms with van der Waals surface area (Å²) < 4.78 is 1.74. The molecule has 3 rings (SSSR count). The molecule has 1 atom stereocenters. The molecule has 26 heavy (non-hydrogen) atoms. The lowest BCUT2D eigenvalue weighted by Gasteiger charge is -2.24. The Morgan fingerprint density at radius 2 is 2.12 bits per heavy atom. The highest BCUT2D eigenvalue weighted by atomic mass is 16.2. The summed E-state index contributed by atoms with van der Waals surface area (Å²) in [4.78, 5) is 34.6. The SMILES string of the molecule is CC(=O)NCc1cncc([C@@H]2CCCN2C(=O)Cn2nc(C)cc2C)n1. The highest BCUT2D eigenvalue weighted by Gasteiger charge is 2.31. The number of carbonyl (C=O) groups excluding carboxylic acids is 2. The summed E-state index contributed by atoms with van der Waals surface area (Å²) in [7, 11) is 0. The molecule has 0 saturated carbocycles. The molecule has 2 aromatic heterocycles. The number of aromatic nitrogens is 4. The van der Waals surface area contributed by atoms with E-state index in [0.29, 0.717) is 18.8 Å². The van der Waals surface area contributed by atoms with Crippen molar-refractivity contribution >= 4 is 11.8 Å². The summed E-state index contributed by atoms with van der Waals surface area (Å²) in [5.74, 6) is -0.0764. The average Bonchev–Trinajstić information content (AvgIpc) is 3.20. The quantitative estimate of drug-likeness (QED) is 0.871. The van der Waals surface area contributed by atoms with Crippen LogP contribution in [0.2, 0.25) is 0 Å². The molecule has 0 aromatic carbocycles. The van der Waals surface area contributed by atoms with Gasteiger partial charge < -0.3 is 10.2 Å². The van der Waals surface area contributed by atoms with Crippen molar-refractivity contribution < 1.29 is 9.59 Å². The summed E-state index contributed by atoms with van der Waals surface area (Å²) in [6.07, 6.45) is 5.14. The number of carbonyl (C=O) groups is 2. The van der Waals surface area contributed by atoms with E-state index in [1.807, 2.05) is 24.8 Å². The molecular formula is C18H24N6O2. The first-order chi connectivity index (χ1) is 12.4. The lowest BCUT2D eigenvalue weighted by atomic mass is 10.1. The van der Waals surface area contributed by atoms with Gasteiger partial charge in [0.1, 0.15) is 6.54 Å². The maximum atomic E-state index is 12.8. The van der Waals surface area contributed by atoms with E-state index in [4.69, 9.17) is 0 Å². The molecule has 1 saturated heterocycles. The number of aryl methyl sites for hydroxylation is 2. The predicted octanol–water partition coefficient (Wildman–Crippen LogP) is 1.29. The van der Waals surface area contributed by atoms with E-state index in [1.54, 1.807) is 17.1 Å². The van der Waals surface area contributed by atoms with Crippen LogP contribution in [0.5, 0.6) is 0 Å². The Bertz CT molecular complexity index is 816. The second-order valence-electron chi connectivity index (χ2n) is 6.67. The van der Waals surface area contributed by atoms with Crippen LogP contribution in [-0.2, 0) is 22.7 Å². The van der Waals surface area contributed by atoms with E-state index in [0.717, 1.165) is 29.9 Å². The summed E-state index contributed by atoms with van der Waals surface area (Å²) in [5, 5.41) is 7.10. The number of hydrogen-bond donors (Lipinski definition) is 1. The van der Waals surface area contributed by atoms with Crippen LogP contribution in [0, 0.1) is 13.8 Å². The maximum Gasteiger partial charge on any atom is 0.244 e. The smallest absolute Gasteiger partial charge is 0.244 e. The highest BCUT2D eigenvalue weighted by molar-refractivity contribution is 5.76. The average molecular weight is 356 g/mol. The standard InChI is InChI=1S/C18H24N6O2/c1-12-7-13(2)24(22-12)11-18(26)23-6-4-5-17(23)16-10-19-8-15(21-16)9-20-14(3)25/h7-8,10,17H,4-6,9,11H2,1-3H3,(H,20,25)/t17-/m0/s1. The molecule has 1 fully saturated rings. The topological polar surface area (TPSA) is 93.0 Å². The zero-order valence-corrected chi connectivity index (χ0v) is 15.4. The Labute approximate surface area is 152 Å². The van der Waals surface area contributed by atoms with E-state index >= 15 is 0 Å². The fourth-order valence-electron chi connectivity index (χ4n) is 3.31. The normalized spacial score (nSPS) is 16.7. The second-order valence-corrected chi connectivity index (χ2v) is 6.67. The van der Waals surface area contributed by atoms with Crippen LogP contribution < -0.4 is 5.32 Å². The first-order valence-electron chi connectivity index (χ1n) is 8.80. The third-order valence-corrected chi connectivity index (χ3v) is 4.52. The highest BCUT2D eigenvalue weighted by Crippen LogP contribution is 2.30. The molecule has 0 spiro atoms. The first kappa shape index (κ1) is 18.0. The summed E-state index contributed by atoms with van der Waals surface area (Å²) in [6, 6.07) is 1.88. The van der Waals surface area contributed by atoms with Crippen molar-refractivity contribution in [1.29, 1.82) is 0 Å². The number of rotatable bonds is 5. The minimum atomic E-state index is -0.111. The van der Waals surface area contributed by atoms with Crippen LogP contribution in [0.4, 0.5) is 0 Å². The van der Waals surface area contributed by atoms with Gasteiger partial charge in [0, 0.05) is 19.2 Å². The van der Waals surface area contributed by atoms with Crippen LogP contribution in [0.25, 0.3) is 0 Å². The van der Waals surface area contributed by atoms with Crippen LogP contribution in [-0.4, -0.2) is 43.0 Å². The van der Waals surface area contributed by atoms with E-state index in [9.17, 15) is 9.59 Å². The lowest BCUT2D eigenvalue weighted by molar-refractivity contribution is -0.133. The minimum Gasteiger partial charge on any atom is -0.351 e. The third-order valence-electron chi connectivity index (χ3n) is 4.52. The van der Waals surface area contributed by atoms with Crippen molar-refractivity contribution in [2.75, 3.05) is 6.54 Å². The molecule has 3 heterocycles. The molecule has 0 aliphatic carbocycles. The molecule has 8 nitrogen and oxygen atoms in total. The van der Waals surface area contributed by atoms with Gasteiger partial charge in [-0.1, -0.05) is 0 Å². The lowest BCUT2D eigenvalue weighted by Crippen LogP contribution is -2.34. The van der Waals surface area contributed by atoms with Crippen molar-refractivity contribution in [2.45, 2.75) is 52.7 Å². The van der Waals surface area contributed by atoms with Crippen LogP contribution in [0.15, 0.2) is 18.5 Å². The van der Waals surface area contributed by atoms with Crippen LogP contribution in [0.3, 0.4) is 0 Å². The van der Waals surface area contributed by atoms with Gasteiger partial charge >= 0.3 is 0 Å². The molecule has 0 unspecified atom stereocenters. The molecule has 1 N–H and O–H groups in total. The maximum absolute atomic E-state index is 12.8. The number of likely N-dealkylation sites (tertiary alicyclic amines) is 1. The number of hydrogen-bond acceptors (Lipinski definition) is 5. The van der Waals surface area contributed by atoms with Gasteiger partial charge in [-0.05, 0) is 32.8 Å². The fourth-order valence-corrected chi connectivity index (χ4v) is 3.31. The van der Waals surface area contributed by atoms with Gasteiger partial charge in [0.15, 0.2) is 0 Å². The Balaban J connectivity index is 1.73. The van der Waals surface area contributed by atoms with Crippen molar-refractivity contribution in [1.82, 2.24) is 30.0 Å². The zero-order valence-electron chi connectivity index (χ0n) is 15.4. The zero-order chi connectivity index (χ0) is 18.7. The van der Waals surface area contributed by atoms with Crippen molar-refractivity contribution in [3.63, 3.8) is 0 Å². The molecule has 138 valence electrons. The molecule has 2 amide bonds. The third kappa shape index (κ3) is 4.07. The van der Waals surface area contributed by atoms with E-state index in [1.165, 1.54) is 6.92 Å². The molecule has 0 bridgehead atoms. The Morgan fingerprint density at radius 3 is 2.81 bits per heavy atom. The van der Waals surface area contributed by atoms with E-state index in [-0.39, 0.29) is 24.4 Å². The monoisotopic (exact) mass is 356 g/mol. The van der Waals surface area contributed by atoms with Gasteiger partial charge in [-0.3, -0.25) is 24.2 Å². The van der Waals surface area contributed by atoms with Gasteiger partial charge in [0.2, 0.25) is 11.8 Å². The number of nitrogens with one attached hydrogen (secondary N) is 1. The van der Waals surface area contributed by atoms with Crippen molar-refractivity contribution in [3.05, 3.63) is 41.2 Å². The van der Waals surface area contributed by atoms with Gasteiger partial charge in [0.05, 0.1) is 42.1 Å². The Hall–Kier alpha value is -2.77. The number of nitrogens with zero attached hydrogens (tertiary/aromatic N) is 5. The predicted molar refractivity (Wildman–Crippen MR) is 94.9 cm³/mol. The van der Waals surface area contributed by atoms with Gasteiger partial charge in [-0.15, -0.1) is 0 Å². The van der Waals surface area contributed by atoms with Crippen LogP contribution >= 0.6 is 0 Å². The molecule has 8 heteroatoms. The minimum absolute atomic E-state index is 0.0350. The van der Waals surface area contributed by atoms with E-state index < -0.39 is 0 Å². The van der Waals surface area contributed by atoms with Crippen molar-refractivity contribution in [3.8, 4) is 0 Å². The molecule has 0 radical (unpaired) electrons. The largest absolute Gasteiger partial charge is 0.351 e. The van der Waals surface area contributed by atoms with Crippen LogP contribution in [0.1, 0.15) is 48.6 Å². The molecule has 2 aromatic rings. The summed E-state index contributed by atoms with van der Waals surface area (Å²) >= 11 is 0. The van der Waals surface area contributed by atoms with Crippen molar-refractivity contribution in [2.24, 2.45) is 0 Å². The molecule has 1 aliphatic rings. The fraction of sp³-hybridized carbons (Fsp3) is 0.500. The summed E-state index contributed by atoms with van der Waals surface area (Å²) in [6.45, 7) is 6.61. The molecular weight excluding hydrogens is 332 g/mol.